The van der Waals surface area contributed by atoms with Gasteiger partial charge in [-0.15, -0.1) is 0 Å². The van der Waals surface area contributed by atoms with E-state index < -0.39 is 0 Å². The zero-order valence-electron chi connectivity index (χ0n) is 21.4. The van der Waals surface area contributed by atoms with Gasteiger partial charge in [-0.2, -0.15) is 0 Å². The molecule has 2 aliphatic heterocycles. The van der Waals surface area contributed by atoms with Crippen molar-refractivity contribution in [1.82, 2.24) is 8.65 Å². The minimum absolute atomic E-state index is 0.280. The molecule has 4 heterocycles. The molecule has 0 unspecified atom stereocenters. The summed E-state index contributed by atoms with van der Waals surface area (Å²) in [4.78, 5) is 9.81. The molecular formula is C32H17Cl3N4O2. The number of fused-ring (bicyclic) bond motifs is 10. The van der Waals surface area contributed by atoms with Crippen LogP contribution in [0.25, 0.3) is 43.6 Å². The van der Waals surface area contributed by atoms with E-state index in [-0.39, 0.29) is 10.0 Å². The first-order chi connectivity index (χ1) is 20.0. The number of para-hydroxylation sites is 2. The van der Waals surface area contributed by atoms with Crippen molar-refractivity contribution in [3.05, 3.63) is 93.6 Å². The van der Waals surface area contributed by atoms with E-state index in [1.807, 2.05) is 60.7 Å². The van der Waals surface area contributed by atoms with Gasteiger partial charge in [0.15, 0.2) is 23.0 Å². The summed E-state index contributed by atoms with van der Waals surface area (Å²) in [6.45, 7) is 2.95. The molecule has 0 radical (unpaired) electrons. The number of hydrogen-bond donors (Lipinski definition) is 0. The first-order valence-corrected chi connectivity index (χ1v) is 14.2. The first kappa shape index (κ1) is 23.5. The summed E-state index contributed by atoms with van der Waals surface area (Å²) in [5, 5.41) is 5.61. The lowest BCUT2D eigenvalue weighted by atomic mass is 10.1. The van der Waals surface area contributed by atoms with Crippen molar-refractivity contribution >= 4 is 90.0 Å². The van der Waals surface area contributed by atoms with Crippen LogP contribution in [0, 0.1) is 0 Å². The second-order valence-corrected chi connectivity index (χ2v) is 11.2. The summed E-state index contributed by atoms with van der Waals surface area (Å²) in [7, 11) is 0. The third-order valence-electron chi connectivity index (χ3n) is 8.00. The van der Waals surface area contributed by atoms with Gasteiger partial charge in [0.25, 0.3) is 0 Å². The third kappa shape index (κ3) is 3.04. The Morgan fingerprint density at radius 2 is 1.15 bits per heavy atom. The number of nitrogens with zero attached hydrogens (tertiary/aromatic N) is 4. The summed E-state index contributed by atoms with van der Waals surface area (Å²) in [5.74, 6) is 1.82. The van der Waals surface area contributed by atoms with Crippen LogP contribution >= 0.6 is 35.0 Å². The van der Waals surface area contributed by atoms with Gasteiger partial charge in [-0.05, 0) is 31.2 Å². The fraction of sp³-hybridized carbons (Fsp3) is 0.0625. The van der Waals surface area contributed by atoms with Gasteiger partial charge >= 0.3 is 0 Å². The van der Waals surface area contributed by atoms with Gasteiger partial charge in [0.1, 0.15) is 32.1 Å². The zero-order chi connectivity index (χ0) is 27.6. The Hall–Kier alpha value is -4.23. The molecule has 6 nitrogen and oxygen atoms in total. The van der Waals surface area contributed by atoms with Crippen molar-refractivity contribution in [2.75, 3.05) is 0 Å². The minimum Gasteiger partial charge on any atom is -0.451 e. The fourth-order valence-corrected chi connectivity index (χ4v) is 6.95. The number of benzene rings is 5. The highest BCUT2D eigenvalue weighted by atomic mass is 35.5. The summed E-state index contributed by atoms with van der Waals surface area (Å²) >= 11 is 20.6. The van der Waals surface area contributed by atoms with Gasteiger partial charge in [0.2, 0.25) is 0 Å². The van der Waals surface area contributed by atoms with Crippen molar-refractivity contribution in [3.63, 3.8) is 0 Å². The quantitative estimate of drug-likeness (QED) is 0.190. The molecular weight excluding hydrogens is 579 g/mol. The third-order valence-corrected chi connectivity index (χ3v) is 9.06. The molecule has 9 rings (SSSR count). The molecule has 0 amide bonds. The Labute approximate surface area is 247 Å². The molecule has 0 bridgehead atoms. The Bertz CT molecular complexity index is 2460. The van der Waals surface area contributed by atoms with Crippen LogP contribution < -0.4 is 20.2 Å². The molecule has 0 saturated heterocycles. The Balaban J connectivity index is 1.28. The smallest absolute Gasteiger partial charge is 0.175 e. The highest BCUT2D eigenvalue weighted by molar-refractivity contribution is 6.35. The Kier molecular flexibility index (Phi) is 4.68. The van der Waals surface area contributed by atoms with E-state index in [9.17, 15) is 0 Å². The lowest BCUT2D eigenvalue weighted by molar-refractivity contribution is 0.452. The number of aromatic nitrogens is 2. The number of halogens is 3. The van der Waals surface area contributed by atoms with Crippen molar-refractivity contribution < 1.29 is 9.47 Å². The number of ether oxygens (including phenoxy) is 2. The summed E-state index contributed by atoms with van der Waals surface area (Å²) in [5.41, 5.74) is 5.23. The van der Waals surface area contributed by atoms with E-state index in [0.717, 1.165) is 50.2 Å². The maximum Gasteiger partial charge on any atom is 0.175 e. The Morgan fingerprint density at radius 3 is 1.76 bits per heavy atom. The molecule has 0 atom stereocenters. The van der Waals surface area contributed by atoms with E-state index in [1.54, 1.807) is 4.09 Å². The molecule has 0 saturated carbocycles. The summed E-state index contributed by atoms with van der Waals surface area (Å²) < 4.78 is 16.7. The highest BCUT2D eigenvalue weighted by Gasteiger charge is 2.28. The van der Waals surface area contributed by atoms with Gasteiger partial charge in [-0.25, -0.2) is 9.98 Å². The van der Waals surface area contributed by atoms with E-state index >= 15 is 0 Å². The van der Waals surface area contributed by atoms with Crippen LogP contribution in [0.1, 0.15) is 6.92 Å². The standard InChI is InChI=1S/C32H17Cl3N4O2/c1-2-38-21-9-5-3-7-15(21)17-11-19-25(13-23(17)38)40-31-27(33)30-32(28(34)29(31)36-19)41-26-14-24-18(12-20(26)37-30)16-8-4-6-10-22(16)39(24)35/h3-14H,2H2,1H3. The van der Waals surface area contributed by atoms with Crippen LogP contribution in [0.3, 0.4) is 0 Å². The van der Waals surface area contributed by atoms with E-state index in [1.165, 1.54) is 0 Å². The van der Waals surface area contributed by atoms with Crippen molar-refractivity contribution in [2.45, 2.75) is 13.5 Å². The predicted octanol–water partition coefficient (Wildman–Crippen LogP) is 9.34. The monoisotopic (exact) mass is 594 g/mol. The van der Waals surface area contributed by atoms with Crippen LogP contribution in [-0.2, 0) is 6.54 Å². The fourth-order valence-electron chi connectivity index (χ4n) is 6.15. The van der Waals surface area contributed by atoms with Crippen LogP contribution in [0.4, 0.5) is 11.4 Å². The minimum atomic E-state index is 0.280. The predicted molar refractivity (Wildman–Crippen MR) is 164 cm³/mol. The average Bonchev–Trinajstić information content (AvgIpc) is 3.46. The molecule has 0 fully saturated rings. The molecule has 5 aromatic carbocycles. The van der Waals surface area contributed by atoms with Gasteiger partial charge < -0.3 is 14.0 Å². The van der Waals surface area contributed by atoms with Gasteiger partial charge in [-0.3, -0.25) is 4.09 Å². The highest BCUT2D eigenvalue weighted by Crippen LogP contribution is 2.46. The molecule has 0 spiro atoms. The maximum atomic E-state index is 6.96. The normalized spacial score (nSPS) is 13.3. The summed E-state index contributed by atoms with van der Waals surface area (Å²) in [6.07, 6.45) is 0. The second-order valence-electron chi connectivity index (χ2n) is 10.1. The molecule has 9 heteroatoms. The van der Waals surface area contributed by atoms with E-state index in [0.29, 0.717) is 45.1 Å². The van der Waals surface area contributed by atoms with Crippen LogP contribution in [0.5, 0.6) is 23.0 Å². The molecule has 2 aliphatic rings. The van der Waals surface area contributed by atoms with Crippen LogP contribution in [0.2, 0.25) is 10.0 Å². The zero-order valence-corrected chi connectivity index (χ0v) is 23.6. The SMILES string of the molecule is CCn1c2ccccc2c2cc3c(cc21)Oc1c(Cl)c2c(c(Cl)c1=N3)Oc1cc3c(cc1N=2)c1ccccc1n3Cl. The van der Waals surface area contributed by atoms with Crippen LogP contribution in [0.15, 0.2) is 82.8 Å². The van der Waals surface area contributed by atoms with E-state index in [2.05, 4.69) is 23.6 Å². The molecule has 0 N–H and O–H groups in total. The molecule has 198 valence electrons. The number of rotatable bonds is 1. The van der Waals surface area contributed by atoms with Crippen LogP contribution in [-0.4, -0.2) is 8.65 Å². The van der Waals surface area contributed by atoms with Crippen molar-refractivity contribution in [2.24, 2.45) is 9.98 Å². The lowest BCUT2D eigenvalue weighted by Gasteiger charge is -2.21. The van der Waals surface area contributed by atoms with Crippen molar-refractivity contribution in [1.29, 1.82) is 0 Å². The number of hydrogen-bond acceptors (Lipinski definition) is 4. The van der Waals surface area contributed by atoms with Crippen molar-refractivity contribution in [3.8, 4) is 23.0 Å². The van der Waals surface area contributed by atoms with Gasteiger partial charge in [0.05, 0.1) is 16.6 Å². The topological polar surface area (TPSA) is 53.0 Å². The lowest BCUT2D eigenvalue weighted by Crippen LogP contribution is -2.22. The average molecular weight is 596 g/mol. The Morgan fingerprint density at radius 1 is 0.634 bits per heavy atom. The molecule has 7 aromatic rings. The van der Waals surface area contributed by atoms with E-state index in [4.69, 9.17) is 54.4 Å². The van der Waals surface area contributed by atoms with Gasteiger partial charge in [-0.1, -0.05) is 59.6 Å². The largest absolute Gasteiger partial charge is 0.451 e. The first-order valence-electron chi connectivity index (χ1n) is 13.1. The second kappa shape index (κ2) is 8.17. The molecule has 0 aliphatic carbocycles. The van der Waals surface area contributed by atoms with Gasteiger partial charge in [0, 0.05) is 57.5 Å². The molecule has 2 aromatic heterocycles. The number of aryl methyl sites for hydroxylation is 1. The maximum absolute atomic E-state index is 6.96. The molecule has 41 heavy (non-hydrogen) atoms. The summed E-state index contributed by atoms with van der Waals surface area (Å²) in [6, 6.07) is 24.2.